The number of nitrogens with zero attached hydrogens (tertiary/aromatic N) is 2. The van der Waals surface area contributed by atoms with Gasteiger partial charge in [-0.05, 0) is 34.1 Å². The van der Waals surface area contributed by atoms with E-state index in [0.717, 1.165) is 21.5 Å². The van der Waals surface area contributed by atoms with Crippen molar-refractivity contribution in [2.45, 2.75) is 6.54 Å². The first-order valence-corrected chi connectivity index (χ1v) is 5.97. The van der Waals surface area contributed by atoms with Gasteiger partial charge in [0.1, 0.15) is 12.3 Å². The number of rotatable bonds is 4. The Kier molecular flexibility index (Phi) is 3.66. The first kappa shape index (κ1) is 12.6. The summed E-state index contributed by atoms with van der Waals surface area (Å²) >= 11 is 3.40. The zero-order valence-corrected chi connectivity index (χ0v) is 11.2. The molecule has 2 rings (SSSR count). The number of halogens is 1. The third-order valence-corrected chi connectivity index (χ3v) is 3.02. The highest BCUT2D eigenvalue weighted by Gasteiger charge is 2.07. The summed E-state index contributed by atoms with van der Waals surface area (Å²) in [4.78, 5) is 14.8. The van der Waals surface area contributed by atoms with Gasteiger partial charge in [0.2, 0.25) is 0 Å². The average Bonchev–Trinajstić information content (AvgIpc) is 2.76. The Labute approximate surface area is 112 Å². The van der Waals surface area contributed by atoms with E-state index in [0.29, 0.717) is 0 Å². The fourth-order valence-electron chi connectivity index (χ4n) is 1.58. The number of methoxy groups -OCH3 is 1. The summed E-state index contributed by atoms with van der Waals surface area (Å²) in [6.45, 7) is -0.0929. The largest absolute Gasteiger partial charge is 0.496 e. The first-order valence-electron chi connectivity index (χ1n) is 5.17. The fourth-order valence-corrected chi connectivity index (χ4v) is 2.12. The molecule has 0 aliphatic rings. The summed E-state index contributed by atoms with van der Waals surface area (Å²) in [7, 11) is 1.60. The highest BCUT2D eigenvalue weighted by atomic mass is 79.9. The van der Waals surface area contributed by atoms with Gasteiger partial charge in [0.25, 0.3) is 0 Å². The molecule has 0 spiro atoms. The number of ether oxygens (including phenoxy) is 1. The van der Waals surface area contributed by atoms with E-state index in [4.69, 9.17) is 9.84 Å². The second-order valence-electron chi connectivity index (χ2n) is 3.67. The fraction of sp³-hybridized carbons (Fsp3) is 0.167. The number of carboxylic acids is 1. The molecule has 2 aromatic rings. The van der Waals surface area contributed by atoms with Crippen LogP contribution >= 0.6 is 15.9 Å². The number of carbonyl (C=O) groups is 1. The van der Waals surface area contributed by atoms with Gasteiger partial charge < -0.3 is 14.4 Å². The minimum absolute atomic E-state index is 0.0929. The summed E-state index contributed by atoms with van der Waals surface area (Å²) in [6, 6.07) is 5.58. The summed E-state index contributed by atoms with van der Waals surface area (Å²) < 4.78 is 7.50. The topological polar surface area (TPSA) is 64.3 Å². The maximum atomic E-state index is 10.6. The van der Waals surface area contributed by atoms with E-state index in [-0.39, 0.29) is 6.54 Å². The Morgan fingerprint density at radius 1 is 1.56 bits per heavy atom. The Balaban J connectivity index is 2.28. The molecule has 0 saturated carbocycles. The molecule has 0 bridgehead atoms. The van der Waals surface area contributed by atoms with Gasteiger partial charge in [0.05, 0.1) is 23.6 Å². The maximum absolute atomic E-state index is 10.6. The van der Waals surface area contributed by atoms with Crippen LogP contribution in [0.15, 0.2) is 35.2 Å². The Morgan fingerprint density at radius 2 is 2.33 bits per heavy atom. The monoisotopic (exact) mass is 310 g/mol. The van der Waals surface area contributed by atoms with Crippen LogP contribution in [0.1, 0.15) is 0 Å². The highest BCUT2D eigenvalue weighted by Crippen LogP contribution is 2.29. The Bertz CT molecular complexity index is 580. The SMILES string of the molecule is COc1ccc(-c2cn(CC(=O)O)cn2)cc1Br. The van der Waals surface area contributed by atoms with Gasteiger partial charge in [-0.1, -0.05) is 0 Å². The van der Waals surface area contributed by atoms with Gasteiger partial charge in [0, 0.05) is 11.8 Å². The van der Waals surface area contributed by atoms with Gasteiger partial charge in [-0.3, -0.25) is 4.79 Å². The normalized spacial score (nSPS) is 10.3. The first-order chi connectivity index (χ1) is 8.60. The zero-order chi connectivity index (χ0) is 13.1. The molecular formula is C12H11BrN2O3. The van der Waals surface area contributed by atoms with Crippen LogP contribution in [-0.4, -0.2) is 27.7 Å². The molecule has 6 heteroatoms. The molecule has 18 heavy (non-hydrogen) atoms. The molecule has 1 N–H and O–H groups in total. The Hall–Kier alpha value is -1.82. The molecule has 0 aliphatic heterocycles. The van der Waals surface area contributed by atoms with Crippen LogP contribution in [0.3, 0.4) is 0 Å². The maximum Gasteiger partial charge on any atom is 0.323 e. The minimum Gasteiger partial charge on any atom is -0.496 e. The molecule has 1 heterocycles. The van der Waals surface area contributed by atoms with Crippen LogP contribution in [0.5, 0.6) is 5.75 Å². The molecule has 0 unspecified atom stereocenters. The molecule has 0 aliphatic carbocycles. The van der Waals surface area contributed by atoms with E-state index < -0.39 is 5.97 Å². The minimum atomic E-state index is -0.894. The van der Waals surface area contributed by atoms with Crippen molar-refractivity contribution < 1.29 is 14.6 Å². The van der Waals surface area contributed by atoms with Crippen molar-refractivity contribution in [2.75, 3.05) is 7.11 Å². The molecule has 0 atom stereocenters. The van der Waals surface area contributed by atoms with E-state index in [1.807, 2.05) is 18.2 Å². The van der Waals surface area contributed by atoms with Gasteiger partial charge >= 0.3 is 5.97 Å². The van der Waals surface area contributed by atoms with Crippen LogP contribution in [0.25, 0.3) is 11.3 Å². The number of hydrogen-bond donors (Lipinski definition) is 1. The number of hydrogen-bond acceptors (Lipinski definition) is 3. The van der Waals surface area contributed by atoms with Gasteiger partial charge in [-0.2, -0.15) is 0 Å². The number of aromatic nitrogens is 2. The molecule has 0 radical (unpaired) electrons. The average molecular weight is 311 g/mol. The molecule has 0 fully saturated rings. The summed E-state index contributed by atoms with van der Waals surface area (Å²) in [5.41, 5.74) is 1.62. The lowest BCUT2D eigenvalue weighted by Crippen LogP contribution is -2.06. The van der Waals surface area contributed by atoms with Gasteiger partial charge in [-0.25, -0.2) is 4.98 Å². The summed E-state index contributed by atoms with van der Waals surface area (Å²) in [6.07, 6.45) is 3.20. The van der Waals surface area contributed by atoms with Crippen LogP contribution in [0, 0.1) is 0 Å². The van der Waals surface area contributed by atoms with Crippen molar-refractivity contribution in [3.63, 3.8) is 0 Å². The van der Waals surface area contributed by atoms with Crippen LogP contribution < -0.4 is 4.74 Å². The molecule has 5 nitrogen and oxygen atoms in total. The molecular weight excluding hydrogens is 300 g/mol. The third kappa shape index (κ3) is 2.70. The lowest BCUT2D eigenvalue weighted by atomic mass is 10.1. The number of imidazole rings is 1. The summed E-state index contributed by atoms with van der Waals surface area (Å²) in [5, 5.41) is 8.69. The van der Waals surface area contributed by atoms with E-state index >= 15 is 0 Å². The second kappa shape index (κ2) is 5.22. The quantitative estimate of drug-likeness (QED) is 0.942. The third-order valence-electron chi connectivity index (χ3n) is 2.40. The van der Waals surface area contributed by atoms with Crippen molar-refractivity contribution >= 4 is 21.9 Å². The lowest BCUT2D eigenvalue weighted by molar-refractivity contribution is -0.137. The molecule has 94 valence electrons. The molecule has 1 aromatic heterocycles. The Morgan fingerprint density at radius 3 is 2.94 bits per heavy atom. The van der Waals surface area contributed by atoms with Crippen molar-refractivity contribution in [3.8, 4) is 17.0 Å². The zero-order valence-electron chi connectivity index (χ0n) is 9.63. The molecule has 0 saturated heterocycles. The lowest BCUT2D eigenvalue weighted by Gasteiger charge is -2.04. The van der Waals surface area contributed by atoms with E-state index in [2.05, 4.69) is 20.9 Å². The van der Waals surface area contributed by atoms with Crippen LogP contribution in [-0.2, 0) is 11.3 Å². The van der Waals surface area contributed by atoms with E-state index in [1.54, 1.807) is 13.3 Å². The summed E-state index contributed by atoms with van der Waals surface area (Å²) in [5.74, 6) is -0.154. The predicted octanol–water partition coefficient (Wildman–Crippen LogP) is 2.41. The van der Waals surface area contributed by atoms with Crippen molar-refractivity contribution in [3.05, 3.63) is 35.2 Å². The van der Waals surface area contributed by atoms with E-state index in [1.165, 1.54) is 10.9 Å². The predicted molar refractivity (Wildman–Crippen MR) is 69.6 cm³/mol. The smallest absolute Gasteiger partial charge is 0.323 e. The van der Waals surface area contributed by atoms with Gasteiger partial charge in [-0.15, -0.1) is 0 Å². The van der Waals surface area contributed by atoms with Crippen LogP contribution in [0.2, 0.25) is 0 Å². The number of aliphatic carboxylic acids is 1. The molecule has 1 aromatic carbocycles. The number of carboxylic acid groups (broad SMARTS) is 1. The van der Waals surface area contributed by atoms with Crippen LogP contribution in [0.4, 0.5) is 0 Å². The highest BCUT2D eigenvalue weighted by molar-refractivity contribution is 9.10. The van der Waals surface area contributed by atoms with Crippen molar-refractivity contribution in [1.29, 1.82) is 0 Å². The standard InChI is InChI=1S/C12H11BrN2O3/c1-18-11-3-2-8(4-9(11)13)10-5-15(7-14-10)6-12(16)17/h2-5,7H,6H2,1H3,(H,16,17). The van der Waals surface area contributed by atoms with Crippen molar-refractivity contribution in [1.82, 2.24) is 9.55 Å². The van der Waals surface area contributed by atoms with E-state index in [9.17, 15) is 4.79 Å². The van der Waals surface area contributed by atoms with Gasteiger partial charge in [0.15, 0.2) is 0 Å². The number of benzene rings is 1. The second-order valence-corrected chi connectivity index (χ2v) is 4.53. The molecule has 0 amide bonds. The van der Waals surface area contributed by atoms with Crippen molar-refractivity contribution in [2.24, 2.45) is 0 Å².